The lowest BCUT2D eigenvalue weighted by molar-refractivity contribution is -0.0264. The van der Waals surface area contributed by atoms with Crippen molar-refractivity contribution in [1.82, 2.24) is 13.9 Å². The van der Waals surface area contributed by atoms with Gasteiger partial charge in [-0.25, -0.2) is 14.4 Å². The van der Waals surface area contributed by atoms with Crippen molar-refractivity contribution in [2.45, 2.75) is 25.7 Å². The van der Waals surface area contributed by atoms with Gasteiger partial charge < -0.3 is 10.5 Å². The van der Waals surface area contributed by atoms with E-state index in [2.05, 4.69) is 15.0 Å². The fourth-order valence-corrected chi connectivity index (χ4v) is 3.87. The quantitative estimate of drug-likeness (QED) is 0.431. The Balaban J connectivity index is 0.000000588. The summed E-state index contributed by atoms with van der Waals surface area (Å²) in [5.41, 5.74) is 5.22. The molecule has 12 nitrogen and oxygen atoms in total. The minimum atomic E-state index is -4.73. The number of hydrogen-bond acceptors (Lipinski definition) is 9. The molecule has 0 bridgehead atoms. The van der Waals surface area contributed by atoms with Gasteiger partial charge in [0.15, 0.2) is 17.5 Å². The van der Waals surface area contributed by atoms with E-state index in [1.807, 2.05) is 13.8 Å². The number of pyridine rings is 1. The van der Waals surface area contributed by atoms with Crippen LogP contribution in [0.5, 0.6) is 0 Å². The van der Waals surface area contributed by atoms with E-state index in [0.717, 1.165) is 0 Å². The van der Waals surface area contributed by atoms with Crippen LogP contribution in [0.15, 0.2) is 41.4 Å². The molecule has 0 radical (unpaired) electrons. The minimum absolute atomic E-state index is 0.0521. The standard InChI is InChI=1S/C18H18FN5O4S.CH4O3S/c1-10(2)16-21-9-18(28-16,11-3-5-12(19)6-4-11)14-8-7-13-15(23-14)24(17(20)22-13)29(25,26)27;1-5(2,3)4/h3-10,16H,1-2H3,(H2,20,22)(H,25,26,27);1H3,(H,2,3,4). The lowest BCUT2D eigenvalue weighted by Crippen LogP contribution is -2.33. The first-order chi connectivity index (χ1) is 15.6. The molecule has 0 saturated heterocycles. The fourth-order valence-electron chi connectivity index (χ4n) is 3.24. The lowest BCUT2D eigenvalue weighted by Gasteiger charge is -2.28. The molecule has 0 spiro atoms. The smallest absolute Gasteiger partial charge is 0.368 e. The third-order valence-electron chi connectivity index (χ3n) is 4.65. The first-order valence-electron chi connectivity index (χ1n) is 9.66. The lowest BCUT2D eigenvalue weighted by atomic mass is 9.91. The number of ether oxygens (including phenoxy) is 1. The number of rotatable bonds is 4. The van der Waals surface area contributed by atoms with Gasteiger partial charge in [-0.15, -0.1) is 0 Å². The average molecular weight is 516 g/mol. The van der Waals surface area contributed by atoms with Crippen LogP contribution in [0.4, 0.5) is 10.3 Å². The zero-order chi connectivity index (χ0) is 25.5. The number of nitrogens with two attached hydrogens (primary N) is 1. The Morgan fingerprint density at radius 3 is 2.18 bits per heavy atom. The highest BCUT2D eigenvalue weighted by Crippen LogP contribution is 2.38. The van der Waals surface area contributed by atoms with Crippen LogP contribution < -0.4 is 5.73 Å². The predicted molar refractivity (Wildman–Crippen MR) is 122 cm³/mol. The van der Waals surface area contributed by atoms with Crippen LogP contribution >= 0.6 is 0 Å². The van der Waals surface area contributed by atoms with Crippen LogP contribution in [0.1, 0.15) is 25.1 Å². The molecule has 1 aliphatic rings. The van der Waals surface area contributed by atoms with Crippen molar-refractivity contribution in [2.24, 2.45) is 10.9 Å². The highest BCUT2D eigenvalue weighted by molar-refractivity contribution is 7.85. The number of anilines is 1. The van der Waals surface area contributed by atoms with Crippen molar-refractivity contribution in [3.8, 4) is 0 Å². The largest absolute Gasteiger partial charge is 0.368 e. The van der Waals surface area contributed by atoms with Crippen molar-refractivity contribution in [3.05, 3.63) is 53.5 Å². The zero-order valence-electron chi connectivity index (χ0n) is 18.2. The van der Waals surface area contributed by atoms with E-state index in [1.54, 1.807) is 24.4 Å². The Bertz CT molecular complexity index is 1450. The van der Waals surface area contributed by atoms with Gasteiger partial charge in [0, 0.05) is 12.1 Å². The van der Waals surface area contributed by atoms with Crippen LogP contribution in [0.25, 0.3) is 11.2 Å². The normalized spacial score (nSPS) is 20.5. The maximum atomic E-state index is 13.5. The molecule has 184 valence electrons. The molecule has 4 N–H and O–H groups in total. The van der Waals surface area contributed by atoms with Gasteiger partial charge in [0.1, 0.15) is 11.3 Å². The summed E-state index contributed by atoms with van der Waals surface area (Å²) in [4.78, 5) is 12.7. The molecular weight excluding hydrogens is 493 g/mol. The van der Waals surface area contributed by atoms with Gasteiger partial charge in [0.25, 0.3) is 10.1 Å². The second-order valence-corrected chi connectivity index (χ2v) is 10.5. The third-order valence-corrected chi connectivity index (χ3v) is 5.48. The number of nitrogen functional groups attached to an aromatic ring is 1. The number of aromatic nitrogens is 3. The number of hydrogen-bond donors (Lipinski definition) is 3. The first-order valence-corrected chi connectivity index (χ1v) is 12.9. The Labute approximate surface area is 194 Å². The molecule has 4 rings (SSSR count). The summed E-state index contributed by atoms with van der Waals surface area (Å²) in [5.74, 6) is -0.791. The van der Waals surface area contributed by atoms with Crippen molar-refractivity contribution in [1.29, 1.82) is 0 Å². The fraction of sp³-hybridized carbons (Fsp3) is 0.316. The number of fused-ring (bicyclic) bond motifs is 1. The molecule has 1 aromatic carbocycles. The van der Waals surface area contributed by atoms with Crippen LogP contribution in [0.3, 0.4) is 0 Å². The number of aliphatic imine (C=N–C) groups is 1. The van der Waals surface area contributed by atoms with Gasteiger partial charge >= 0.3 is 10.3 Å². The maximum Gasteiger partial charge on any atom is 0.368 e. The molecule has 3 aromatic rings. The predicted octanol–water partition coefficient (Wildman–Crippen LogP) is 1.63. The highest BCUT2D eigenvalue weighted by atomic mass is 32.2. The molecule has 0 amide bonds. The van der Waals surface area contributed by atoms with E-state index in [0.29, 0.717) is 15.8 Å². The van der Waals surface area contributed by atoms with Crippen LogP contribution in [0, 0.1) is 11.7 Å². The van der Waals surface area contributed by atoms with Gasteiger partial charge in [0.05, 0.1) is 11.9 Å². The van der Waals surface area contributed by atoms with Gasteiger partial charge in [-0.1, -0.05) is 26.0 Å². The summed E-state index contributed by atoms with van der Waals surface area (Å²) < 4.78 is 79.0. The number of halogens is 1. The molecule has 2 atom stereocenters. The van der Waals surface area contributed by atoms with Crippen LogP contribution in [0.2, 0.25) is 0 Å². The van der Waals surface area contributed by atoms with E-state index in [1.165, 1.54) is 18.2 Å². The Hall–Kier alpha value is -2.98. The summed E-state index contributed by atoms with van der Waals surface area (Å²) >= 11 is 0. The Morgan fingerprint density at radius 1 is 1.09 bits per heavy atom. The SMILES string of the molecule is CC(C)C1N=CC(c2ccc(F)cc2)(c2ccc3nc(N)n(S(=O)(=O)O)c3n2)O1.CS(=O)(=O)O. The van der Waals surface area contributed by atoms with Crippen LogP contribution in [-0.4, -0.2) is 58.6 Å². The monoisotopic (exact) mass is 515 g/mol. The summed E-state index contributed by atoms with van der Waals surface area (Å²) in [7, 11) is -8.40. The minimum Gasteiger partial charge on any atom is -0.368 e. The second-order valence-electron chi connectivity index (χ2n) is 7.76. The molecule has 0 fully saturated rings. The van der Waals surface area contributed by atoms with E-state index in [-0.39, 0.29) is 22.8 Å². The third kappa shape index (κ3) is 5.39. The summed E-state index contributed by atoms with van der Waals surface area (Å²) in [6.07, 6.45) is 1.80. The van der Waals surface area contributed by atoms with Crippen molar-refractivity contribution in [2.75, 3.05) is 12.0 Å². The molecule has 2 aromatic heterocycles. The van der Waals surface area contributed by atoms with E-state index < -0.39 is 44.0 Å². The number of benzene rings is 1. The first kappa shape index (κ1) is 25.6. The van der Waals surface area contributed by atoms with Gasteiger partial charge in [-0.05, 0) is 29.8 Å². The molecule has 0 aliphatic carbocycles. The molecule has 15 heteroatoms. The summed E-state index contributed by atoms with van der Waals surface area (Å²) in [5, 5.41) is 0. The van der Waals surface area contributed by atoms with E-state index >= 15 is 0 Å². The van der Waals surface area contributed by atoms with Gasteiger partial charge in [-0.3, -0.25) is 14.1 Å². The maximum absolute atomic E-state index is 13.5. The summed E-state index contributed by atoms with van der Waals surface area (Å²) in [6.45, 7) is 3.88. The second kappa shape index (κ2) is 8.99. The Kier molecular flexibility index (Phi) is 6.78. The molecule has 0 saturated carbocycles. The van der Waals surface area contributed by atoms with E-state index in [4.69, 9.17) is 15.0 Å². The molecule has 1 aliphatic heterocycles. The zero-order valence-corrected chi connectivity index (χ0v) is 19.8. The van der Waals surface area contributed by atoms with E-state index in [9.17, 15) is 25.8 Å². The molecule has 3 heterocycles. The van der Waals surface area contributed by atoms with Crippen LogP contribution in [-0.2, 0) is 30.8 Å². The summed E-state index contributed by atoms with van der Waals surface area (Å²) in [6, 6.07) is 8.78. The average Bonchev–Trinajstić information content (AvgIpc) is 3.28. The number of nitrogens with zero attached hydrogens (tertiary/aromatic N) is 4. The number of imidazole rings is 1. The molecular formula is C19H22FN5O7S2. The van der Waals surface area contributed by atoms with Crippen molar-refractivity contribution in [3.63, 3.8) is 0 Å². The molecule has 2 unspecified atom stereocenters. The highest BCUT2D eigenvalue weighted by Gasteiger charge is 2.43. The van der Waals surface area contributed by atoms with Gasteiger partial charge in [-0.2, -0.15) is 20.8 Å². The van der Waals surface area contributed by atoms with Gasteiger partial charge in [0.2, 0.25) is 5.95 Å². The van der Waals surface area contributed by atoms with Crippen molar-refractivity contribution < 1.29 is 35.1 Å². The topological polar surface area (TPSA) is 187 Å². The Morgan fingerprint density at radius 2 is 1.68 bits per heavy atom. The van der Waals surface area contributed by atoms with Crippen molar-refractivity contribution >= 4 is 43.7 Å². The molecule has 34 heavy (non-hydrogen) atoms.